The van der Waals surface area contributed by atoms with E-state index >= 15 is 0 Å². The van der Waals surface area contributed by atoms with Crippen LogP contribution in [0.25, 0.3) is 11.1 Å². The summed E-state index contributed by atoms with van der Waals surface area (Å²) in [5, 5.41) is 4.40. The van der Waals surface area contributed by atoms with Crippen LogP contribution < -0.4 is 5.32 Å². The minimum Gasteiger partial charge on any atom is -0.310 e. The molecule has 164 valence electrons. The Kier molecular flexibility index (Phi) is 5.83. The van der Waals surface area contributed by atoms with Crippen LogP contribution in [0, 0.1) is 0 Å². The van der Waals surface area contributed by atoms with Gasteiger partial charge in [0.2, 0.25) is 0 Å². The monoisotopic (exact) mass is 439 g/mol. The van der Waals surface area contributed by atoms with E-state index in [0.29, 0.717) is 5.25 Å². The number of hydrogen-bond donors (Lipinski definition) is 1. The van der Waals surface area contributed by atoms with Gasteiger partial charge in [0.05, 0.1) is 0 Å². The van der Waals surface area contributed by atoms with Crippen LogP contribution in [0.1, 0.15) is 70.7 Å². The predicted octanol–water partition coefficient (Wildman–Crippen LogP) is 7.41. The molecule has 0 radical (unpaired) electrons. The summed E-state index contributed by atoms with van der Waals surface area (Å²) in [5.41, 5.74) is 12.5. The number of aryl methyl sites for hydroxylation is 1. The molecule has 32 heavy (non-hydrogen) atoms. The average molecular weight is 440 g/mol. The van der Waals surface area contributed by atoms with Crippen LogP contribution in [-0.4, -0.2) is 6.04 Å². The van der Waals surface area contributed by atoms with Crippen LogP contribution in [0.2, 0.25) is 0 Å². The van der Waals surface area contributed by atoms with E-state index in [1.807, 2.05) is 0 Å². The van der Waals surface area contributed by atoms with E-state index in [9.17, 15) is 0 Å². The van der Waals surface area contributed by atoms with E-state index in [2.05, 4.69) is 77.7 Å². The third-order valence-corrected chi connectivity index (χ3v) is 9.27. The number of fused-ring (bicyclic) bond motifs is 5. The first-order chi connectivity index (χ1) is 15.9. The van der Waals surface area contributed by atoms with Gasteiger partial charge in [-0.1, -0.05) is 67.1 Å². The molecule has 1 N–H and O–H groups in total. The molecule has 3 aromatic carbocycles. The minimum atomic E-state index is 0.633. The fourth-order valence-electron chi connectivity index (χ4n) is 5.83. The van der Waals surface area contributed by atoms with Crippen LogP contribution in [0.4, 0.5) is 0 Å². The molecule has 3 aliphatic carbocycles. The molecule has 1 unspecified atom stereocenters. The Hall–Kier alpha value is -2.03. The van der Waals surface area contributed by atoms with Crippen LogP contribution in [0.5, 0.6) is 0 Å². The molecular weight excluding hydrogens is 406 g/mol. The molecule has 0 bridgehead atoms. The van der Waals surface area contributed by atoms with Gasteiger partial charge in [0.15, 0.2) is 0 Å². The molecule has 3 aromatic rings. The number of benzene rings is 3. The van der Waals surface area contributed by atoms with Gasteiger partial charge in [-0.15, -0.1) is 11.8 Å². The van der Waals surface area contributed by atoms with E-state index in [1.54, 1.807) is 16.7 Å². The highest BCUT2D eigenvalue weighted by Gasteiger charge is 2.27. The maximum Gasteiger partial charge on any atom is 0.0303 e. The maximum atomic E-state index is 3.76. The van der Waals surface area contributed by atoms with E-state index in [-0.39, 0.29) is 0 Å². The van der Waals surface area contributed by atoms with E-state index < -0.39 is 0 Å². The van der Waals surface area contributed by atoms with E-state index in [4.69, 9.17) is 0 Å². The van der Waals surface area contributed by atoms with Gasteiger partial charge in [0, 0.05) is 23.6 Å². The zero-order valence-corrected chi connectivity index (χ0v) is 19.7. The summed E-state index contributed by atoms with van der Waals surface area (Å²) < 4.78 is 0. The average Bonchev–Trinajstić information content (AvgIpc) is 2.82. The third kappa shape index (κ3) is 3.93. The van der Waals surface area contributed by atoms with Gasteiger partial charge < -0.3 is 5.32 Å². The summed E-state index contributed by atoms with van der Waals surface area (Å²) in [6, 6.07) is 23.8. The number of rotatable bonds is 6. The van der Waals surface area contributed by atoms with Crippen LogP contribution in [0.15, 0.2) is 60.7 Å². The molecule has 0 spiro atoms. The Balaban J connectivity index is 1.22. The summed E-state index contributed by atoms with van der Waals surface area (Å²) in [4.78, 5) is 0. The SMILES string of the molecule is c1ccc(CSC2CCCc3c2ccc2c3CCc3ccccc3-2)c(CNC2CCC2)c1. The van der Waals surface area contributed by atoms with E-state index in [1.165, 1.54) is 79.2 Å². The Labute approximate surface area is 197 Å². The first kappa shape index (κ1) is 20.6. The lowest BCUT2D eigenvalue weighted by atomic mass is 9.78. The molecule has 2 heteroatoms. The van der Waals surface area contributed by atoms with E-state index in [0.717, 1.165) is 18.3 Å². The van der Waals surface area contributed by atoms with Crippen LogP contribution >= 0.6 is 11.8 Å². The summed E-state index contributed by atoms with van der Waals surface area (Å²) in [6.07, 6.45) is 10.4. The fraction of sp³-hybridized carbons (Fsp3) is 0.400. The highest BCUT2D eigenvalue weighted by atomic mass is 32.2. The highest BCUT2D eigenvalue weighted by molar-refractivity contribution is 7.98. The van der Waals surface area contributed by atoms with Crippen molar-refractivity contribution in [3.8, 4) is 11.1 Å². The van der Waals surface area contributed by atoms with Gasteiger partial charge in [-0.25, -0.2) is 0 Å². The first-order valence-electron chi connectivity index (χ1n) is 12.5. The lowest BCUT2D eigenvalue weighted by molar-refractivity contribution is 0.338. The number of nitrogens with one attached hydrogen (secondary N) is 1. The molecule has 0 saturated heterocycles. The number of thioether (sulfide) groups is 1. The van der Waals surface area contributed by atoms with Crippen molar-refractivity contribution in [1.29, 1.82) is 0 Å². The maximum absolute atomic E-state index is 3.76. The summed E-state index contributed by atoms with van der Waals surface area (Å²) in [6.45, 7) is 1.02. The highest BCUT2D eigenvalue weighted by Crippen LogP contribution is 2.46. The topological polar surface area (TPSA) is 12.0 Å². The van der Waals surface area contributed by atoms with Gasteiger partial charge in [0.25, 0.3) is 0 Å². The Morgan fingerprint density at radius 1 is 0.719 bits per heavy atom. The molecule has 1 fully saturated rings. The summed E-state index contributed by atoms with van der Waals surface area (Å²) in [5.74, 6) is 1.12. The van der Waals surface area contributed by atoms with Crippen molar-refractivity contribution >= 4 is 11.8 Å². The standard InChI is InChI=1S/C30H33NS/c1-2-9-23(22(8-1)19-31-24-10-5-11-24)20-32-30-14-6-13-26-28-16-15-21-7-3-4-12-25(21)27(28)17-18-29(26)30/h1-4,7-9,12,17-18,24,30-31H,5-6,10-11,13-16,19-20H2. The quantitative estimate of drug-likeness (QED) is 0.429. The zero-order valence-electron chi connectivity index (χ0n) is 18.9. The molecule has 0 heterocycles. The molecule has 0 amide bonds. The Morgan fingerprint density at radius 3 is 2.44 bits per heavy atom. The minimum absolute atomic E-state index is 0.633. The second-order valence-electron chi connectivity index (χ2n) is 9.79. The first-order valence-corrected chi connectivity index (χ1v) is 13.6. The van der Waals surface area contributed by atoms with Gasteiger partial charge in [-0.2, -0.15) is 0 Å². The van der Waals surface area contributed by atoms with Crippen molar-refractivity contribution in [2.24, 2.45) is 0 Å². The molecule has 3 aliphatic rings. The van der Waals surface area contributed by atoms with Crippen LogP contribution in [-0.2, 0) is 31.6 Å². The molecule has 1 nitrogen and oxygen atoms in total. The molecule has 1 saturated carbocycles. The second kappa shape index (κ2) is 9.08. The van der Waals surface area contributed by atoms with Gasteiger partial charge in [0.1, 0.15) is 0 Å². The second-order valence-corrected chi connectivity index (χ2v) is 11.0. The van der Waals surface area contributed by atoms with Crippen molar-refractivity contribution in [3.63, 3.8) is 0 Å². The van der Waals surface area contributed by atoms with Crippen molar-refractivity contribution in [3.05, 3.63) is 94.0 Å². The van der Waals surface area contributed by atoms with Crippen molar-refractivity contribution < 1.29 is 0 Å². The third-order valence-electron chi connectivity index (χ3n) is 7.90. The molecule has 0 aromatic heterocycles. The lowest BCUT2D eigenvalue weighted by Gasteiger charge is -2.31. The van der Waals surface area contributed by atoms with Gasteiger partial charge in [-0.3, -0.25) is 0 Å². The fourth-order valence-corrected chi connectivity index (χ4v) is 7.22. The largest absolute Gasteiger partial charge is 0.310 e. The Morgan fingerprint density at radius 2 is 1.56 bits per heavy atom. The van der Waals surface area contributed by atoms with Crippen molar-refractivity contribution in [2.45, 2.75) is 75.0 Å². The lowest BCUT2D eigenvalue weighted by Crippen LogP contribution is -2.34. The smallest absolute Gasteiger partial charge is 0.0303 e. The molecule has 6 rings (SSSR count). The molecular formula is C30H33NS. The normalized spacial score (nSPS) is 19.6. The zero-order chi connectivity index (χ0) is 21.3. The molecule has 1 atom stereocenters. The van der Waals surface area contributed by atoms with Gasteiger partial charge in [-0.05, 0) is 89.5 Å². The van der Waals surface area contributed by atoms with Crippen molar-refractivity contribution in [1.82, 2.24) is 5.32 Å². The molecule has 0 aliphatic heterocycles. The van der Waals surface area contributed by atoms with Gasteiger partial charge >= 0.3 is 0 Å². The Bertz CT molecular complexity index is 1110. The summed E-state index contributed by atoms with van der Waals surface area (Å²) in [7, 11) is 0. The van der Waals surface area contributed by atoms with Crippen LogP contribution in [0.3, 0.4) is 0 Å². The summed E-state index contributed by atoms with van der Waals surface area (Å²) >= 11 is 2.17. The number of hydrogen-bond acceptors (Lipinski definition) is 2. The predicted molar refractivity (Wildman–Crippen MR) is 137 cm³/mol. The van der Waals surface area contributed by atoms with Crippen molar-refractivity contribution in [2.75, 3.05) is 0 Å².